The highest BCUT2D eigenvalue weighted by Crippen LogP contribution is 2.14. The molecule has 10 heteroatoms. The van der Waals surface area contributed by atoms with Crippen molar-refractivity contribution in [3.63, 3.8) is 0 Å². The summed E-state index contributed by atoms with van der Waals surface area (Å²) < 4.78 is 1.92. The SMILES string of the molecule is C=O.Cn1ccc2cc(/C=C/C(=O)NO)cnc21.O=C(/C=C/c1ccc(O)cc1)NO. The molecule has 0 spiro atoms. The smallest absolute Gasteiger partial charge is 0.267 e. The molecule has 0 aliphatic heterocycles. The standard InChI is InChI=1S/C11H11N3O2.C9H9NO3.CH2O/c1-14-5-4-9-6-8(7-12-11(9)14)2-3-10(15)13-16;11-8-4-1-7(2-5-8)3-6-9(12)10-13;1-2/h2-7,16H,1H3,(H,13,15);1-6,11,13H,(H,10,12);1H2/b3-2+;6-3+;. The number of nitrogens with zero attached hydrogens (tertiary/aromatic N) is 2. The molecule has 0 saturated heterocycles. The van der Waals surface area contributed by atoms with Crippen LogP contribution in [0.15, 0.2) is 60.9 Å². The number of hydrogen-bond acceptors (Lipinski definition) is 7. The van der Waals surface area contributed by atoms with Gasteiger partial charge in [-0.2, -0.15) is 0 Å². The molecule has 3 aromatic rings. The number of carbonyl (C=O) groups excluding carboxylic acids is 3. The Morgan fingerprint density at radius 1 is 0.968 bits per heavy atom. The van der Waals surface area contributed by atoms with Crippen molar-refractivity contribution in [3.05, 3.63) is 72.1 Å². The number of nitrogens with one attached hydrogen (secondary N) is 2. The number of rotatable bonds is 4. The largest absolute Gasteiger partial charge is 0.508 e. The molecule has 31 heavy (non-hydrogen) atoms. The first-order chi connectivity index (χ1) is 14.9. The summed E-state index contributed by atoms with van der Waals surface area (Å²) in [6, 6.07) is 10.2. The number of benzene rings is 1. The van der Waals surface area contributed by atoms with Gasteiger partial charge in [0.05, 0.1) is 0 Å². The summed E-state index contributed by atoms with van der Waals surface area (Å²) in [5, 5.41) is 26.4. The first-order valence-electron chi connectivity index (χ1n) is 8.66. The summed E-state index contributed by atoms with van der Waals surface area (Å²) in [6.45, 7) is 2.00. The minimum atomic E-state index is -0.590. The molecule has 0 aliphatic rings. The third-order valence-corrected chi connectivity index (χ3v) is 3.70. The number of phenolic OH excluding ortho intramolecular Hbond substituents is 1. The molecule has 2 aromatic heterocycles. The first kappa shape index (κ1) is 24.8. The van der Waals surface area contributed by atoms with Crippen LogP contribution in [0, 0.1) is 0 Å². The quantitative estimate of drug-likeness (QED) is 0.242. The van der Waals surface area contributed by atoms with Gasteiger partial charge in [0, 0.05) is 37.0 Å². The van der Waals surface area contributed by atoms with E-state index < -0.39 is 11.8 Å². The number of aryl methyl sites for hydroxylation is 1. The number of aromatic nitrogens is 2. The van der Waals surface area contributed by atoms with E-state index in [-0.39, 0.29) is 5.75 Å². The van der Waals surface area contributed by atoms with Crippen molar-refractivity contribution >= 4 is 41.8 Å². The molecule has 2 heterocycles. The van der Waals surface area contributed by atoms with Crippen LogP contribution in [-0.2, 0) is 21.4 Å². The van der Waals surface area contributed by atoms with Crippen LogP contribution in [0.4, 0.5) is 0 Å². The third-order valence-electron chi connectivity index (χ3n) is 3.70. The fourth-order valence-corrected chi connectivity index (χ4v) is 2.27. The summed E-state index contributed by atoms with van der Waals surface area (Å²) in [5.41, 5.74) is 5.46. The second-order valence-electron chi connectivity index (χ2n) is 5.82. The van der Waals surface area contributed by atoms with Crippen molar-refractivity contribution in [3.8, 4) is 5.75 Å². The second-order valence-corrected chi connectivity index (χ2v) is 5.82. The molecule has 2 amide bonds. The number of hydroxylamine groups is 2. The van der Waals surface area contributed by atoms with E-state index in [1.165, 1.54) is 41.3 Å². The summed E-state index contributed by atoms with van der Waals surface area (Å²) in [7, 11) is 1.92. The van der Waals surface area contributed by atoms with E-state index in [1.54, 1.807) is 24.4 Å². The van der Waals surface area contributed by atoms with Crippen LogP contribution in [0.25, 0.3) is 23.2 Å². The van der Waals surface area contributed by atoms with E-state index in [0.29, 0.717) is 0 Å². The van der Waals surface area contributed by atoms with E-state index >= 15 is 0 Å². The van der Waals surface area contributed by atoms with Crippen molar-refractivity contribution in [2.24, 2.45) is 7.05 Å². The molecule has 1 aromatic carbocycles. The topological polar surface area (TPSA) is 154 Å². The van der Waals surface area contributed by atoms with E-state index in [4.69, 9.17) is 20.3 Å². The lowest BCUT2D eigenvalue weighted by Crippen LogP contribution is -2.14. The Hall–Kier alpha value is -4.28. The maximum Gasteiger partial charge on any atom is 0.267 e. The zero-order valence-corrected chi connectivity index (χ0v) is 16.6. The Kier molecular flexibility index (Phi) is 10.4. The molecular formula is C21H22N4O6. The number of hydrogen-bond donors (Lipinski definition) is 5. The molecule has 0 saturated carbocycles. The molecule has 0 bridgehead atoms. The fraction of sp³-hybridized carbons (Fsp3) is 0.0476. The Balaban J connectivity index is 0.000000293. The van der Waals surface area contributed by atoms with Gasteiger partial charge in [-0.3, -0.25) is 20.0 Å². The van der Waals surface area contributed by atoms with Crippen molar-refractivity contribution < 1.29 is 29.9 Å². The van der Waals surface area contributed by atoms with Gasteiger partial charge >= 0.3 is 0 Å². The lowest BCUT2D eigenvalue weighted by atomic mass is 10.2. The Morgan fingerprint density at radius 2 is 1.52 bits per heavy atom. The Bertz CT molecular complexity index is 1060. The summed E-state index contributed by atoms with van der Waals surface area (Å²) in [4.78, 5) is 33.6. The van der Waals surface area contributed by atoms with Crippen molar-refractivity contribution in [1.29, 1.82) is 0 Å². The van der Waals surface area contributed by atoms with E-state index in [9.17, 15) is 9.59 Å². The predicted molar refractivity (Wildman–Crippen MR) is 114 cm³/mol. The normalized spacial score (nSPS) is 10.2. The van der Waals surface area contributed by atoms with Crippen molar-refractivity contribution in [2.75, 3.05) is 0 Å². The highest BCUT2D eigenvalue weighted by atomic mass is 16.5. The van der Waals surface area contributed by atoms with Crippen LogP contribution in [0.2, 0.25) is 0 Å². The number of carbonyl (C=O) groups is 3. The maximum absolute atomic E-state index is 10.8. The summed E-state index contributed by atoms with van der Waals surface area (Å²) in [6.07, 6.45) is 9.13. The maximum atomic E-state index is 10.8. The van der Waals surface area contributed by atoms with Gasteiger partial charge in [-0.1, -0.05) is 12.1 Å². The number of phenols is 1. The third kappa shape index (κ3) is 8.31. The fourth-order valence-electron chi connectivity index (χ4n) is 2.27. The van der Waals surface area contributed by atoms with Gasteiger partial charge < -0.3 is 14.5 Å². The number of amides is 2. The van der Waals surface area contributed by atoms with Gasteiger partial charge in [-0.15, -0.1) is 0 Å². The predicted octanol–water partition coefficient (Wildman–Crippen LogP) is 1.82. The highest BCUT2D eigenvalue weighted by Gasteiger charge is 1.99. The molecular weight excluding hydrogens is 404 g/mol. The number of aromatic hydroxyl groups is 1. The lowest BCUT2D eigenvalue weighted by Gasteiger charge is -1.96. The Labute approximate surface area is 177 Å². The summed E-state index contributed by atoms with van der Waals surface area (Å²) in [5.74, 6) is -0.981. The first-order valence-corrected chi connectivity index (χ1v) is 8.66. The lowest BCUT2D eigenvalue weighted by molar-refractivity contribution is -0.124. The number of fused-ring (bicyclic) bond motifs is 1. The summed E-state index contributed by atoms with van der Waals surface area (Å²) >= 11 is 0. The van der Waals surface area contributed by atoms with Crippen LogP contribution >= 0.6 is 0 Å². The zero-order valence-electron chi connectivity index (χ0n) is 16.6. The van der Waals surface area contributed by atoms with Crippen LogP contribution in [0.1, 0.15) is 11.1 Å². The van der Waals surface area contributed by atoms with Crippen molar-refractivity contribution in [2.45, 2.75) is 0 Å². The molecule has 162 valence electrons. The molecule has 0 unspecified atom stereocenters. The van der Waals surface area contributed by atoms with Crippen LogP contribution in [0.5, 0.6) is 5.75 Å². The minimum Gasteiger partial charge on any atom is -0.508 e. The van der Waals surface area contributed by atoms with Crippen LogP contribution < -0.4 is 11.0 Å². The van der Waals surface area contributed by atoms with Crippen LogP contribution in [-0.4, -0.2) is 43.7 Å². The molecule has 3 rings (SSSR count). The molecule has 0 radical (unpaired) electrons. The van der Waals surface area contributed by atoms with E-state index in [0.717, 1.165) is 22.2 Å². The highest BCUT2D eigenvalue weighted by molar-refractivity contribution is 5.91. The monoisotopic (exact) mass is 426 g/mol. The molecule has 5 N–H and O–H groups in total. The zero-order chi connectivity index (χ0) is 23.2. The second kappa shape index (κ2) is 13.0. The van der Waals surface area contributed by atoms with Gasteiger partial charge in [0.25, 0.3) is 11.8 Å². The average molecular weight is 426 g/mol. The molecule has 0 fully saturated rings. The van der Waals surface area contributed by atoms with Gasteiger partial charge in [0.2, 0.25) is 0 Å². The average Bonchev–Trinajstić information content (AvgIpc) is 3.18. The molecule has 0 atom stereocenters. The number of pyridine rings is 1. The Morgan fingerprint density at radius 3 is 2.06 bits per heavy atom. The van der Waals surface area contributed by atoms with Gasteiger partial charge in [-0.05, 0) is 47.5 Å². The molecule has 10 nitrogen and oxygen atoms in total. The van der Waals surface area contributed by atoms with E-state index in [1.807, 2.05) is 36.7 Å². The van der Waals surface area contributed by atoms with Gasteiger partial charge in [-0.25, -0.2) is 15.9 Å². The van der Waals surface area contributed by atoms with Gasteiger partial charge in [0.15, 0.2) is 0 Å². The van der Waals surface area contributed by atoms with E-state index in [2.05, 4.69) is 4.98 Å². The molecule has 0 aliphatic carbocycles. The van der Waals surface area contributed by atoms with Gasteiger partial charge in [0.1, 0.15) is 18.2 Å². The van der Waals surface area contributed by atoms with Crippen LogP contribution in [0.3, 0.4) is 0 Å². The minimum absolute atomic E-state index is 0.170. The van der Waals surface area contributed by atoms with Crippen molar-refractivity contribution in [1.82, 2.24) is 20.5 Å².